The molecule has 3 aromatic rings. The Morgan fingerprint density at radius 3 is 2.42 bits per heavy atom. The van der Waals surface area contributed by atoms with Gasteiger partial charge in [0.15, 0.2) is 0 Å². The topological polar surface area (TPSA) is 38.8 Å². The van der Waals surface area contributed by atoms with Crippen LogP contribution in [-0.4, -0.2) is 36.8 Å². The van der Waals surface area contributed by atoms with E-state index in [1.54, 1.807) is 13.2 Å². The Kier molecular flexibility index (Phi) is 6.00. The Balaban J connectivity index is 1.18. The molecule has 1 saturated heterocycles. The average molecular weight is 484 g/mol. The van der Waals surface area contributed by atoms with Crippen LogP contribution in [0.1, 0.15) is 48.3 Å². The predicted octanol–water partition coefficient (Wildman–Crippen LogP) is 6.88. The van der Waals surface area contributed by atoms with E-state index in [0.29, 0.717) is 18.8 Å². The van der Waals surface area contributed by atoms with Crippen molar-refractivity contribution in [3.63, 3.8) is 0 Å². The van der Waals surface area contributed by atoms with Crippen molar-refractivity contribution in [2.75, 3.05) is 13.7 Å². The molecule has 0 saturated carbocycles. The fourth-order valence-electron chi connectivity index (χ4n) is 6.31. The van der Waals surface area contributed by atoms with Gasteiger partial charge in [-0.15, -0.1) is 0 Å². The minimum Gasteiger partial charge on any atom is -0.497 e. The molecule has 1 amide bonds. The summed E-state index contributed by atoms with van der Waals surface area (Å²) in [5, 5.41) is 0. The SMILES string of the molecule is COc1cc(F)cc(CC2=CC3CCCC(C2)N3C(=O)OCC2c3ccccc3-c3ccccc32)c1. The summed E-state index contributed by atoms with van der Waals surface area (Å²) in [5.74, 6) is 0.295. The van der Waals surface area contributed by atoms with Crippen molar-refractivity contribution in [2.45, 2.75) is 50.1 Å². The summed E-state index contributed by atoms with van der Waals surface area (Å²) in [4.78, 5) is 15.3. The summed E-state index contributed by atoms with van der Waals surface area (Å²) in [5.41, 5.74) is 7.04. The van der Waals surface area contributed by atoms with Gasteiger partial charge >= 0.3 is 6.09 Å². The third kappa shape index (κ3) is 4.17. The van der Waals surface area contributed by atoms with Crippen molar-refractivity contribution >= 4 is 6.09 Å². The predicted molar refractivity (Wildman–Crippen MR) is 138 cm³/mol. The molecule has 36 heavy (non-hydrogen) atoms. The molecule has 1 fully saturated rings. The maximum atomic E-state index is 14.0. The monoisotopic (exact) mass is 483 g/mol. The zero-order valence-electron chi connectivity index (χ0n) is 20.5. The average Bonchev–Trinajstić information content (AvgIpc) is 3.20. The van der Waals surface area contributed by atoms with E-state index in [1.165, 1.54) is 33.9 Å². The number of benzene rings is 3. The van der Waals surface area contributed by atoms with Crippen LogP contribution in [0.5, 0.6) is 5.75 Å². The van der Waals surface area contributed by atoms with E-state index in [4.69, 9.17) is 9.47 Å². The first-order chi connectivity index (χ1) is 17.6. The quantitative estimate of drug-likeness (QED) is 0.371. The van der Waals surface area contributed by atoms with Crippen LogP contribution in [0.25, 0.3) is 11.1 Å². The number of methoxy groups -OCH3 is 1. The van der Waals surface area contributed by atoms with Gasteiger partial charge in [-0.3, -0.25) is 4.90 Å². The minimum absolute atomic E-state index is 0.0265. The van der Waals surface area contributed by atoms with Gasteiger partial charge in [0, 0.05) is 18.0 Å². The lowest BCUT2D eigenvalue weighted by atomic mass is 9.83. The number of nitrogens with zero attached hydrogens (tertiary/aromatic N) is 1. The number of halogens is 1. The first-order valence-electron chi connectivity index (χ1n) is 12.8. The number of piperidine rings is 1. The molecule has 0 aromatic heterocycles. The Morgan fingerprint density at radius 1 is 1.00 bits per heavy atom. The molecule has 2 bridgehead atoms. The number of carbonyl (C=O) groups excluding carboxylic acids is 1. The summed E-state index contributed by atoms with van der Waals surface area (Å²) >= 11 is 0. The molecule has 2 atom stereocenters. The maximum absolute atomic E-state index is 14.0. The van der Waals surface area contributed by atoms with Crippen molar-refractivity contribution < 1.29 is 18.7 Å². The highest BCUT2D eigenvalue weighted by molar-refractivity contribution is 5.79. The molecule has 0 N–H and O–H groups in total. The molecule has 2 heterocycles. The molecule has 4 nitrogen and oxygen atoms in total. The van der Waals surface area contributed by atoms with Gasteiger partial charge in [0.05, 0.1) is 13.2 Å². The van der Waals surface area contributed by atoms with Crippen LogP contribution in [0.4, 0.5) is 9.18 Å². The van der Waals surface area contributed by atoms with Gasteiger partial charge in [-0.1, -0.05) is 60.2 Å². The van der Waals surface area contributed by atoms with E-state index in [0.717, 1.165) is 31.2 Å². The third-order valence-corrected chi connectivity index (χ3v) is 7.86. The molecule has 0 radical (unpaired) electrons. The lowest BCUT2D eigenvalue weighted by molar-refractivity contribution is 0.0509. The molecule has 2 unspecified atom stereocenters. The second-order valence-corrected chi connectivity index (χ2v) is 10.1. The summed E-state index contributed by atoms with van der Waals surface area (Å²) in [6, 6.07) is 21.8. The smallest absolute Gasteiger partial charge is 0.410 e. The number of carbonyl (C=O) groups is 1. The van der Waals surface area contributed by atoms with Gasteiger partial charge in [-0.05, 0) is 72.1 Å². The van der Waals surface area contributed by atoms with Gasteiger partial charge in [-0.25, -0.2) is 9.18 Å². The molecule has 6 rings (SSSR count). The van der Waals surface area contributed by atoms with Crippen LogP contribution in [0.15, 0.2) is 78.4 Å². The second-order valence-electron chi connectivity index (χ2n) is 10.1. The van der Waals surface area contributed by atoms with E-state index in [1.807, 2.05) is 11.0 Å². The lowest BCUT2D eigenvalue weighted by Crippen LogP contribution is -2.52. The highest BCUT2D eigenvalue weighted by Gasteiger charge is 2.39. The van der Waals surface area contributed by atoms with Crippen molar-refractivity contribution in [1.82, 2.24) is 4.90 Å². The molecule has 184 valence electrons. The van der Waals surface area contributed by atoms with E-state index in [-0.39, 0.29) is 29.9 Å². The van der Waals surface area contributed by atoms with Crippen LogP contribution in [0.3, 0.4) is 0 Å². The number of hydrogen-bond acceptors (Lipinski definition) is 3. The summed E-state index contributed by atoms with van der Waals surface area (Å²) < 4.78 is 25.2. The number of fused-ring (bicyclic) bond motifs is 5. The van der Waals surface area contributed by atoms with Crippen LogP contribution < -0.4 is 4.74 Å². The first kappa shape index (κ1) is 22.8. The standard InChI is InChI=1S/C31H30FNO3/c1-35-25-17-20(14-22(32)18-25)13-21-15-23-7-6-8-24(16-21)33(23)31(34)36-19-30-28-11-4-2-9-26(28)27-10-3-5-12-29(27)30/h2-5,9-12,14-15,17-18,23-24,30H,6-8,13,16,19H2,1H3. The summed E-state index contributed by atoms with van der Waals surface area (Å²) in [6.45, 7) is 0.336. The molecule has 1 aliphatic carbocycles. The van der Waals surface area contributed by atoms with Gasteiger partial charge in [0.2, 0.25) is 0 Å². The molecule has 0 spiro atoms. The molecular weight excluding hydrogens is 453 g/mol. The second kappa shape index (κ2) is 9.45. The third-order valence-electron chi connectivity index (χ3n) is 7.86. The highest BCUT2D eigenvalue weighted by Crippen LogP contribution is 2.45. The molecule has 3 aliphatic rings. The Bertz CT molecular complexity index is 1290. The van der Waals surface area contributed by atoms with Crippen molar-refractivity contribution in [2.24, 2.45) is 0 Å². The maximum Gasteiger partial charge on any atom is 0.410 e. The van der Waals surface area contributed by atoms with Crippen molar-refractivity contribution in [1.29, 1.82) is 0 Å². The molecular formula is C31H30FNO3. The zero-order chi connectivity index (χ0) is 24.6. The highest BCUT2D eigenvalue weighted by atomic mass is 19.1. The van der Waals surface area contributed by atoms with Crippen molar-refractivity contribution in [3.05, 3.63) is 101 Å². The van der Waals surface area contributed by atoms with Gasteiger partial charge in [0.25, 0.3) is 0 Å². The Morgan fingerprint density at radius 2 is 1.72 bits per heavy atom. The number of rotatable bonds is 5. The van der Waals surface area contributed by atoms with Gasteiger partial charge < -0.3 is 9.47 Å². The van der Waals surface area contributed by atoms with E-state index < -0.39 is 0 Å². The number of amides is 1. The first-order valence-corrected chi connectivity index (χ1v) is 12.8. The van der Waals surface area contributed by atoms with E-state index >= 15 is 0 Å². The van der Waals surface area contributed by atoms with Gasteiger partial charge in [-0.2, -0.15) is 0 Å². The molecule has 3 aromatic carbocycles. The van der Waals surface area contributed by atoms with Crippen LogP contribution >= 0.6 is 0 Å². The number of ether oxygens (including phenoxy) is 2. The largest absolute Gasteiger partial charge is 0.497 e. The zero-order valence-corrected chi connectivity index (χ0v) is 20.5. The van der Waals surface area contributed by atoms with Crippen LogP contribution in [0.2, 0.25) is 0 Å². The molecule has 5 heteroatoms. The fraction of sp³-hybridized carbons (Fsp3) is 0.323. The van der Waals surface area contributed by atoms with E-state index in [9.17, 15) is 9.18 Å². The fourth-order valence-corrected chi connectivity index (χ4v) is 6.31. The lowest BCUT2D eigenvalue weighted by Gasteiger charge is -2.44. The van der Waals surface area contributed by atoms with Crippen molar-refractivity contribution in [3.8, 4) is 16.9 Å². The Hall–Kier alpha value is -3.60. The van der Waals surface area contributed by atoms with Crippen LogP contribution in [0, 0.1) is 5.82 Å². The van der Waals surface area contributed by atoms with Crippen LogP contribution in [-0.2, 0) is 11.2 Å². The summed E-state index contributed by atoms with van der Waals surface area (Å²) in [7, 11) is 1.55. The number of hydrogen-bond donors (Lipinski definition) is 0. The minimum atomic E-state index is -0.291. The summed E-state index contributed by atoms with van der Waals surface area (Å²) in [6.07, 6.45) is 6.42. The van der Waals surface area contributed by atoms with Gasteiger partial charge in [0.1, 0.15) is 18.2 Å². The van der Waals surface area contributed by atoms with E-state index in [2.05, 4.69) is 54.6 Å². The normalized spacial score (nSPS) is 20.4. The Labute approximate surface area is 211 Å². The molecule has 2 aliphatic heterocycles.